The molecule has 0 bridgehead atoms. The number of benzene rings is 1. The van der Waals surface area contributed by atoms with Crippen molar-refractivity contribution in [2.45, 2.75) is 19.9 Å². The van der Waals surface area contributed by atoms with Gasteiger partial charge in [-0.05, 0) is 26.0 Å². The first kappa shape index (κ1) is 16.1. The highest BCUT2D eigenvalue weighted by atomic mass is 32.1. The Kier molecular flexibility index (Phi) is 4.30. The summed E-state index contributed by atoms with van der Waals surface area (Å²) in [5.74, 6) is 0.862. The van der Waals surface area contributed by atoms with Gasteiger partial charge in [0.15, 0.2) is 5.13 Å². The molecule has 0 saturated carbocycles. The topological polar surface area (TPSA) is 113 Å². The molecule has 124 valence electrons. The van der Waals surface area contributed by atoms with Crippen LogP contribution in [0.2, 0.25) is 0 Å². The van der Waals surface area contributed by atoms with Gasteiger partial charge in [0.2, 0.25) is 0 Å². The molecule has 7 nitrogen and oxygen atoms in total. The number of hydrogen-bond donors (Lipinski definition) is 4. The predicted octanol–water partition coefficient (Wildman–Crippen LogP) is 2.95. The molecule has 8 heteroatoms. The molecule has 0 spiro atoms. The Bertz CT molecular complexity index is 901. The fraction of sp³-hybridized carbons (Fsp3) is 0.250. The van der Waals surface area contributed by atoms with Crippen LogP contribution >= 0.6 is 11.3 Å². The van der Waals surface area contributed by atoms with Crippen LogP contribution < -0.4 is 16.4 Å². The second kappa shape index (κ2) is 6.40. The molecule has 1 aromatic carbocycles. The van der Waals surface area contributed by atoms with Crippen LogP contribution in [0.1, 0.15) is 25.0 Å². The zero-order valence-corrected chi connectivity index (χ0v) is 14.5. The SMILES string of the molecule is CNc1nc2ccc(C(=N)c3c(N)ncnc3NC(C)C)cc2s1. The van der Waals surface area contributed by atoms with Crippen LogP contribution in [0, 0.1) is 5.41 Å². The normalized spacial score (nSPS) is 11.0. The third-order valence-corrected chi connectivity index (χ3v) is 4.48. The molecule has 2 heterocycles. The minimum atomic E-state index is 0.174. The van der Waals surface area contributed by atoms with E-state index in [9.17, 15) is 0 Å². The van der Waals surface area contributed by atoms with Gasteiger partial charge >= 0.3 is 0 Å². The van der Waals surface area contributed by atoms with E-state index >= 15 is 0 Å². The number of fused-ring (bicyclic) bond motifs is 1. The van der Waals surface area contributed by atoms with Gasteiger partial charge in [-0.2, -0.15) is 0 Å². The lowest BCUT2D eigenvalue weighted by Crippen LogP contribution is -2.17. The number of nitrogens with one attached hydrogen (secondary N) is 3. The summed E-state index contributed by atoms with van der Waals surface area (Å²) in [6.07, 6.45) is 1.41. The lowest BCUT2D eigenvalue weighted by Gasteiger charge is -2.15. The Morgan fingerprint density at radius 2 is 2.08 bits per heavy atom. The van der Waals surface area contributed by atoms with Gasteiger partial charge in [-0.3, -0.25) is 5.41 Å². The Labute approximate surface area is 143 Å². The maximum atomic E-state index is 8.59. The van der Waals surface area contributed by atoms with Crippen LogP contribution in [-0.2, 0) is 0 Å². The summed E-state index contributed by atoms with van der Waals surface area (Å²) in [5, 5.41) is 15.7. The molecule has 0 radical (unpaired) electrons. The molecular formula is C16H19N7S. The van der Waals surface area contributed by atoms with E-state index in [0.717, 1.165) is 20.9 Å². The van der Waals surface area contributed by atoms with Crippen molar-refractivity contribution >= 4 is 44.0 Å². The molecule has 0 aliphatic heterocycles. The minimum absolute atomic E-state index is 0.174. The van der Waals surface area contributed by atoms with Crippen LogP contribution in [0.4, 0.5) is 16.8 Å². The molecule has 0 saturated heterocycles. The van der Waals surface area contributed by atoms with Crippen molar-refractivity contribution in [1.29, 1.82) is 5.41 Å². The van der Waals surface area contributed by atoms with Gasteiger partial charge in [-0.1, -0.05) is 17.4 Å². The molecule has 0 fully saturated rings. The zero-order chi connectivity index (χ0) is 17.3. The van der Waals surface area contributed by atoms with Crippen LogP contribution in [0.5, 0.6) is 0 Å². The molecule has 3 rings (SSSR count). The van der Waals surface area contributed by atoms with Crippen molar-refractivity contribution in [1.82, 2.24) is 15.0 Å². The molecule has 24 heavy (non-hydrogen) atoms. The molecule has 3 aromatic rings. The summed E-state index contributed by atoms with van der Waals surface area (Å²) in [6.45, 7) is 4.02. The number of nitrogens with two attached hydrogens (primary N) is 1. The molecule has 0 amide bonds. The number of hydrogen-bond acceptors (Lipinski definition) is 8. The molecule has 0 aliphatic rings. The summed E-state index contributed by atoms with van der Waals surface area (Å²) in [6, 6.07) is 5.90. The maximum Gasteiger partial charge on any atom is 0.183 e. The van der Waals surface area contributed by atoms with Crippen molar-refractivity contribution in [3.05, 3.63) is 35.7 Å². The van der Waals surface area contributed by atoms with E-state index in [2.05, 4.69) is 25.6 Å². The first-order valence-corrected chi connectivity index (χ1v) is 8.36. The van der Waals surface area contributed by atoms with E-state index in [-0.39, 0.29) is 11.8 Å². The first-order valence-electron chi connectivity index (χ1n) is 7.54. The molecule has 0 atom stereocenters. The molecular weight excluding hydrogens is 322 g/mol. The Hall–Kier alpha value is -2.74. The standard InChI is InChI=1S/C16H19N7S/c1-8(2)22-15-12(14(18)20-7-21-15)13(17)9-4-5-10-11(6-9)24-16(19-3)23-10/h4-8,17H,1-3H3,(H,19,23)(H3,18,20,21,22). The number of nitrogens with zero attached hydrogens (tertiary/aromatic N) is 3. The zero-order valence-electron chi connectivity index (χ0n) is 13.7. The van der Waals surface area contributed by atoms with Gasteiger partial charge in [0.05, 0.1) is 21.5 Å². The maximum absolute atomic E-state index is 8.59. The summed E-state index contributed by atoms with van der Waals surface area (Å²) < 4.78 is 1.01. The van der Waals surface area contributed by atoms with Crippen LogP contribution in [0.15, 0.2) is 24.5 Å². The minimum Gasteiger partial charge on any atom is -0.383 e. The van der Waals surface area contributed by atoms with Gasteiger partial charge in [-0.15, -0.1) is 0 Å². The van der Waals surface area contributed by atoms with Crippen LogP contribution in [0.25, 0.3) is 10.2 Å². The average molecular weight is 341 g/mol. The van der Waals surface area contributed by atoms with Crippen molar-refractivity contribution in [2.75, 3.05) is 23.4 Å². The van der Waals surface area contributed by atoms with E-state index in [4.69, 9.17) is 11.1 Å². The van der Waals surface area contributed by atoms with Crippen molar-refractivity contribution in [2.24, 2.45) is 0 Å². The number of anilines is 3. The molecule has 0 aliphatic carbocycles. The third-order valence-electron chi connectivity index (χ3n) is 3.44. The average Bonchev–Trinajstić information content (AvgIpc) is 2.96. The van der Waals surface area contributed by atoms with E-state index in [1.807, 2.05) is 39.1 Å². The van der Waals surface area contributed by atoms with Gasteiger partial charge in [0, 0.05) is 18.7 Å². The van der Waals surface area contributed by atoms with E-state index in [0.29, 0.717) is 17.2 Å². The van der Waals surface area contributed by atoms with Crippen LogP contribution in [-0.4, -0.2) is 33.8 Å². The summed E-state index contributed by atoms with van der Waals surface area (Å²) in [5.41, 5.74) is 8.48. The van der Waals surface area contributed by atoms with Crippen molar-refractivity contribution in [3.8, 4) is 0 Å². The van der Waals surface area contributed by atoms with Gasteiger partial charge in [0.25, 0.3) is 0 Å². The lowest BCUT2D eigenvalue weighted by atomic mass is 10.0. The lowest BCUT2D eigenvalue weighted by molar-refractivity contribution is 0.885. The van der Waals surface area contributed by atoms with Crippen LogP contribution in [0.3, 0.4) is 0 Å². The largest absolute Gasteiger partial charge is 0.383 e. The third kappa shape index (κ3) is 3.00. The summed E-state index contributed by atoms with van der Waals surface area (Å²) >= 11 is 1.55. The Balaban J connectivity index is 2.05. The smallest absolute Gasteiger partial charge is 0.183 e. The summed E-state index contributed by atoms with van der Waals surface area (Å²) in [7, 11) is 1.84. The number of aromatic nitrogens is 3. The van der Waals surface area contributed by atoms with Crippen molar-refractivity contribution < 1.29 is 0 Å². The second-order valence-electron chi connectivity index (χ2n) is 5.61. The highest BCUT2D eigenvalue weighted by molar-refractivity contribution is 7.22. The Morgan fingerprint density at radius 1 is 1.29 bits per heavy atom. The van der Waals surface area contributed by atoms with E-state index in [1.165, 1.54) is 6.33 Å². The highest BCUT2D eigenvalue weighted by Gasteiger charge is 2.17. The molecule has 5 N–H and O–H groups in total. The summed E-state index contributed by atoms with van der Waals surface area (Å²) in [4.78, 5) is 12.7. The quantitative estimate of drug-likeness (QED) is 0.531. The number of rotatable bonds is 5. The highest BCUT2D eigenvalue weighted by Crippen LogP contribution is 2.29. The van der Waals surface area contributed by atoms with E-state index in [1.54, 1.807) is 11.3 Å². The fourth-order valence-electron chi connectivity index (χ4n) is 2.36. The number of thiazole rings is 1. The van der Waals surface area contributed by atoms with Gasteiger partial charge in [0.1, 0.15) is 18.0 Å². The fourth-order valence-corrected chi connectivity index (χ4v) is 3.22. The number of nitrogen functional groups attached to an aromatic ring is 1. The monoisotopic (exact) mass is 341 g/mol. The van der Waals surface area contributed by atoms with Crippen molar-refractivity contribution in [3.63, 3.8) is 0 Å². The molecule has 0 unspecified atom stereocenters. The Morgan fingerprint density at radius 3 is 2.79 bits per heavy atom. The van der Waals surface area contributed by atoms with Gasteiger partial charge < -0.3 is 16.4 Å². The first-order chi connectivity index (χ1) is 11.5. The van der Waals surface area contributed by atoms with Gasteiger partial charge in [-0.25, -0.2) is 15.0 Å². The second-order valence-corrected chi connectivity index (χ2v) is 6.64. The van der Waals surface area contributed by atoms with E-state index < -0.39 is 0 Å². The predicted molar refractivity (Wildman–Crippen MR) is 100 cm³/mol. The molecule has 2 aromatic heterocycles.